The quantitative estimate of drug-likeness (QED) is 0.591. The van der Waals surface area contributed by atoms with E-state index in [4.69, 9.17) is 0 Å². The second-order valence-corrected chi connectivity index (χ2v) is 7.63. The van der Waals surface area contributed by atoms with Crippen molar-refractivity contribution >= 4 is 17.7 Å². The van der Waals surface area contributed by atoms with E-state index in [0.717, 1.165) is 35.3 Å². The average molecular weight is 335 g/mol. The highest BCUT2D eigenvalue weighted by atomic mass is 32.2. The molecule has 23 heavy (non-hydrogen) atoms. The Balaban J connectivity index is 1.53. The summed E-state index contributed by atoms with van der Waals surface area (Å²) in [6.07, 6.45) is 7.56. The molecule has 126 valence electrons. The van der Waals surface area contributed by atoms with Crippen molar-refractivity contribution in [1.82, 2.24) is 10.6 Å². The minimum absolute atomic E-state index is 0.166. The molecule has 0 bridgehead atoms. The van der Waals surface area contributed by atoms with Crippen LogP contribution in [0.2, 0.25) is 0 Å². The lowest BCUT2D eigenvalue weighted by Crippen LogP contribution is -2.40. The molecule has 0 aromatic heterocycles. The standard InChI is InChI=1S/C18H26FN3S/c1-20-17(22-12-18(7-8-18)15-4-5-15)21-10-13-3-6-16(19)9-14(13)11-23-2/h3,6,9,15H,4-5,7-8,10-12H2,1-2H3,(H2,20,21,22). The smallest absolute Gasteiger partial charge is 0.191 e. The van der Waals surface area contributed by atoms with E-state index in [1.165, 1.54) is 31.7 Å². The minimum atomic E-state index is -0.166. The van der Waals surface area contributed by atoms with E-state index in [1.54, 1.807) is 24.9 Å². The van der Waals surface area contributed by atoms with Gasteiger partial charge in [-0.15, -0.1) is 0 Å². The molecule has 1 aromatic rings. The minimum Gasteiger partial charge on any atom is -0.356 e. The van der Waals surface area contributed by atoms with Gasteiger partial charge in [-0.3, -0.25) is 4.99 Å². The fourth-order valence-corrected chi connectivity index (χ4v) is 3.88. The molecule has 2 N–H and O–H groups in total. The Morgan fingerprint density at radius 1 is 1.30 bits per heavy atom. The van der Waals surface area contributed by atoms with Crippen LogP contribution in [0.3, 0.4) is 0 Å². The molecule has 3 rings (SSSR count). The molecule has 0 radical (unpaired) electrons. The molecule has 2 saturated carbocycles. The lowest BCUT2D eigenvalue weighted by molar-refractivity contribution is 0.431. The van der Waals surface area contributed by atoms with Gasteiger partial charge in [0.15, 0.2) is 5.96 Å². The number of hydrogen-bond acceptors (Lipinski definition) is 2. The van der Waals surface area contributed by atoms with Crippen LogP contribution in [0.4, 0.5) is 4.39 Å². The summed E-state index contributed by atoms with van der Waals surface area (Å²) in [5.41, 5.74) is 2.74. The molecule has 0 heterocycles. The third-order valence-electron chi connectivity index (χ3n) is 5.08. The summed E-state index contributed by atoms with van der Waals surface area (Å²) in [5.74, 6) is 2.45. The number of aliphatic imine (C=N–C) groups is 1. The predicted molar refractivity (Wildman–Crippen MR) is 96.2 cm³/mol. The maximum Gasteiger partial charge on any atom is 0.191 e. The van der Waals surface area contributed by atoms with Crippen LogP contribution >= 0.6 is 11.8 Å². The summed E-state index contributed by atoms with van der Waals surface area (Å²) >= 11 is 1.71. The van der Waals surface area contributed by atoms with Gasteiger partial charge in [-0.25, -0.2) is 4.39 Å². The third kappa shape index (κ3) is 4.19. The van der Waals surface area contributed by atoms with E-state index in [9.17, 15) is 4.39 Å². The average Bonchev–Trinajstić information content (AvgIpc) is 3.42. The number of guanidine groups is 1. The van der Waals surface area contributed by atoms with Crippen molar-refractivity contribution in [3.63, 3.8) is 0 Å². The van der Waals surface area contributed by atoms with Gasteiger partial charge in [0, 0.05) is 25.9 Å². The number of hydrogen-bond donors (Lipinski definition) is 2. The van der Waals surface area contributed by atoms with Gasteiger partial charge in [-0.2, -0.15) is 11.8 Å². The Hall–Kier alpha value is -1.23. The van der Waals surface area contributed by atoms with Crippen LogP contribution in [0.1, 0.15) is 36.8 Å². The monoisotopic (exact) mass is 335 g/mol. The Kier molecular flexibility index (Phi) is 5.14. The van der Waals surface area contributed by atoms with E-state index in [1.807, 2.05) is 12.3 Å². The van der Waals surface area contributed by atoms with Gasteiger partial charge in [-0.1, -0.05) is 6.07 Å². The lowest BCUT2D eigenvalue weighted by atomic mass is 10.0. The number of benzene rings is 1. The Labute approximate surface area is 142 Å². The molecular formula is C18H26FN3S. The zero-order chi connectivity index (χ0) is 16.3. The molecule has 0 aliphatic heterocycles. The van der Waals surface area contributed by atoms with Crippen LogP contribution in [0.15, 0.2) is 23.2 Å². The molecule has 2 aliphatic carbocycles. The Morgan fingerprint density at radius 3 is 2.70 bits per heavy atom. The Morgan fingerprint density at radius 2 is 2.09 bits per heavy atom. The zero-order valence-electron chi connectivity index (χ0n) is 14.0. The molecule has 1 aromatic carbocycles. The van der Waals surface area contributed by atoms with Crippen LogP contribution in [0.5, 0.6) is 0 Å². The van der Waals surface area contributed by atoms with E-state index >= 15 is 0 Å². The van der Waals surface area contributed by atoms with E-state index < -0.39 is 0 Å². The van der Waals surface area contributed by atoms with Gasteiger partial charge in [0.25, 0.3) is 0 Å². The predicted octanol–water partition coefficient (Wildman–Crippen LogP) is 3.54. The van der Waals surface area contributed by atoms with Crippen molar-refractivity contribution in [2.75, 3.05) is 19.8 Å². The van der Waals surface area contributed by atoms with E-state index in [0.29, 0.717) is 12.0 Å². The summed E-state index contributed by atoms with van der Waals surface area (Å²) in [6.45, 7) is 1.70. The lowest BCUT2D eigenvalue weighted by Gasteiger charge is -2.18. The van der Waals surface area contributed by atoms with Gasteiger partial charge in [0.05, 0.1) is 0 Å². The highest BCUT2D eigenvalue weighted by Crippen LogP contribution is 2.60. The molecule has 0 amide bonds. The van der Waals surface area contributed by atoms with E-state index in [2.05, 4.69) is 15.6 Å². The van der Waals surface area contributed by atoms with Crippen molar-refractivity contribution in [2.45, 2.75) is 38.0 Å². The van der Waals surface area contributed by atoms with Crippen molar-refractivity contribution in [3.05, 3.63) is 35.1 Å². The van der Waals surface area contributed by atoms with Crippen LogP contribution in [0.25, 0.3) is 0 Å². The molecule has 0 saturated heterocycles. The summed E-state index contributed by atoms with van der Waals surface area (Å²) in [4.78, 5) is 4.32. The van der Waals surface area contributed by atoms with Gasteiger partial charge < -0.3 is 10.6 Å². The normalized spacial score (nSPS) is 19.5. The van der Waals surface area contributed by atoms with Crippen molar-refractivity contribution in [1.29, 1.82) is 0 Å². The topological polar surface area (TPSA) is 36.4 Å². The third-order valence-corrected chi connectivity index (χ3v) is 5.68. The molecule has 0 atom stereocenters. The SMILES string of the molecule is CN=C(NCc1ccc(F)cc1CSC)NCC1(C2CC2)CC1. The molecule has 5 heteroatoms. The van der Waals surface area contributed by atoms with Gasteiger partial charge in [-0.05, 0) is 66.5 Å². The number of nitrogens with zero attached hydrogens (tertiary/aromatic N) is 1. The largest absolute Gasteiger partial charge is 0.356 e. The van der Waals surface area contributed by atoms with Gasteiger partial charge >= 0.3 is 0 Å². The fourth-order valence-electron chi connectivity index (χ4n) is 3.30. The number of halogens is 1. The molecular weight excluding hydrogens is 309 g/mol. The second-order valence-electron chi connectivity index (χ2n) is 6.76. The first kappa shape index (κ1) is 16.6. The first-order valence-electron chi connectivity index (χ1n) is 8.37. The van der Waals surface area contributed by atoms with Crippen molar-refractivity contribution in [2.24, 2.45) is 16.3 Å². The number of thioether (sulfide) groups is 1. The fraction of sp³-hybridized carbons (Fsp3) is 0.611. The number of nitrogens with one attached hydrogen (secondary N) is 2. The van der Waals surface area contributed by atoms with Crippen LogP contribution in [0, 0.1) is 17.2 Å². The molecule has 0 spiro atoms. The van der Waals surface area contributed by atoms with Crippen LogP contribution in [-0.2, 0) is 12.3 Å². The molecule has 0 unspecified atom stereocenters. The maximum absolute atomic E-state index is 13.4. The first-order valence-corrected chi connectivity index (χ1v) is 9.77. The summed E-state index contributed by atoms with van der Waals surface area (Å²) in [7, 11) is 1.81. The molecule has 3 nitrogen and oxygen atoms in total. The summed E-state index contributed by atoms with van der Waals surface area (Å²) < 4.78 is 13.4. The van der Waals surface area contributed by atoms with Crippen LogP contribution in [-0.4, -0.2) is 25.8 Å². The van der Waals surface area contributed by atoms with Crippen molar-refractivity contribution in [3.8, 4) is 0 Å². The summed E-state index contributed by atoms with van der Waals surface area (Å²) in [5, 5.41) is 6.86. The maximum atomic E-state index is 13.4. The zero-order valence-corrected chi connectivity index (χ0v) is 14.8. The highest BCUT2D eigenvalue weighted by Gasteiger charge is 2.53. The second kappa shape index (κ2) is 7.12. The summed E-state index contributed by atoms with van der Waals surface area (Å²) in [6, 6.07) is 5.03. The molecule has 2 fully saturated rings. The number of rotatable bonds is 7. The molecule has 2 aliphatic rings. The highest BCUT2D eigenvalue weighted by molar-refractivity contribution is 7.97. The van der Waals surface area contributed by atoms with Crippen LogP contribution < -0.4 is 10.6 Å². The van der Waals surface area contributed by atoms with Crippen molar-refractivity contribution < 1.29 is 4.39 Å². The van der Waals surface area contributed by atoms with E-state index in [-0.39, 0.29) is 5.82 Å². The first-order chi connectivity index (χ1) is 11.2. The Bertz CT molecular complexity index is 580. The van der Waals surface area contributed by atoms with Gasteiger partial charge in [0.2, 0.25) is 0 Å². The van der Waals surface area contributed by atoms with Gasteiger partial charge in [0.1, 0.15) is 5.82 Å².